The van der Waals surface area contributed by atoms with Gasteiger partial charge in [0.15, 0.2) is 0 Å². The summed E-state index contributed by atoms with van der Waals surface area (Å²) in [7, 11) is 0. The smallest absolute Gasteiger partial charge is 0.321 e. The Hall–Kier alpha value is -0.810. The largest absolute Gasteiger partial charge is 0.381 e. The highest BCUT2D eigenvalue weighted by Crippen LogP contribution is 2.19. The Morgan fingerprint density at radius 1 is 1.40 bits per heavy atom. The molecule has 86 valence electrons. The maximum absolute atomic E-state index is 11.3. The van der Waals surface area contributed by atoms with Gasteiger partial charge in [0.1, 0.15) is 5.88 Å². The molecule has 0 radical (unpaired) electrons. The molecule has 0 aromatic heterocycles. The van der Waals surface area contributed by atoms with Crippen molar-refractivity contribution < 1.29 is 14.3 Å². The molecule has 1 aliphatic rings. The number of hydrogen-bond donors (Lipinski definition) is 2. The van der Waals surface area contributed by atoms with Crippen LogP contribution < -0.4 is 10.6 Å². The predicted octanol–water partition coefficient (Wildman–Crippen LogP) is 0.620. The van der Waals surface area contributed by atoms with E-state index in [0.717, 1.165) is 12.8 Å². The van der Waals surface area contributed by atoms with Gasteiger partial charge in [-0.15, -0.1) is 11.6 Å². The van der Waals surface area contributed by atoms with Crippen LogP contribution in [0.2, 0.25) is 0 Å². The van der Waals surface area contributed by atoms with Crippen LogP contribution >= 0.6 is 11.6 Å². The molecular weight excluding hydrogens is 220 g/mol. The summed E-state index contributed by atoms with van der Waals surface area (Å²) >= 11 is 5.26. The van der Waals surface area contributed by atoms with E-state index in [1.807, 2.05) is 6.92 Å². The fourth-order valence-electron chi connectivity index (χ4n) is 1.41. The van der Waals surface area contributed by atoms with E-state index >= 15 is 0 Å². The number of alkyl halides is 1. The molecule has 1 heterocycles. The van der Waals surface area contributed by atoms with Crippen LogP contribution in [0.25, 0.3) is 0 Å². The minimum Gasteiger partial charge on any atom is -0.381 e. The molecule has 1 aliphatic heterocycles. The second-order valence-corrected chi connectivity index (χ2v) is 4.08. The van der Waals surface area contributed by atoms with Crippen molar-refractivity contribution in [1.82, 2.24) is 10.6 Å². The zero-order chi connectivity index (χ0) is 11.3. The molecule has 0 atom stereocenters. The molecule has 1 rings (SSSR count). The van der Waals surface area contributed by atoms with E-state index in [-0.39, 0.29) is 11.4 Å². The lowest BCUT2D eigenvalue weighted by Gasteiger charge is -2.34. The van der Waals surface area contributed by atoms with Crippen molar-refractivity contribution in [3.05, 3.63) is 0 Å². The molecule has 0 unspecified atom stereocenters. The van der Waals surface area contributed by atoms with Gasteiger partial charge in [-0.1, -0.05) is 0 Å². The lowest BCUT2D eigenvalue weighted by Crippen LogP contribution is -2.54. The number of nitrogens with one attached hydrogen (secondary N) is 2. The van der Waals surface area contributed by atoms with Gasteiger partial charge in [-0.3, -0.25) is 10.1 Å². The topological polar surface area (TPSA) is 67.4 Å². The number of carbonyl (C=O) groups excluding carboxylic acids is 2. The number of ether oxygens (including phenoxy) is 1. The molecule has 15 heavy (non-hydrogen) atoms. The highest BCUT2D eigenvalue weighted by molar-refractivity contribution is 6.28. The zero-order valence-corrected chi connectivity index (χ0v) is 9.39. The Labute approximate surface area is 93.5 Å². The van der Waals surface area contributed by atoms with Crippen LogP contribution in [0.1, 0.15) is 19.8 Å². The van der Waals surface area contributed by atoms with Crippen LogP contribution in [0.3, 0.4) is 0 Å². The third-order valence-electron chi connectivity index (χ3n) is 2.39. The van der Waals surface area contributed by atoms with Gasteiger partial charge in [0.25, 0.3) is 0 Å². The molecule has 0 spiro atoms. The number of carbonyl (C=O) groups is 2. The van der Waals surface area contributed by atoms with Gasteiger partial charge in [-0.25, -0.2) is 4.79 Å². The minimum absolute atomic E-state index is 0.215. The summed E-state index contributed by atoms with van der Waals surface area (Å²) in [5, 5.41) is 4.89. The Balaban J connectivity index is 2.38. The standard InChI is InChI=1S/C9H15ClN2O3/c1-9(2-4-15-5-3-9)12-8(14)11-7(13)6-10/h2-6H2,1H3,(H2,11,12,13,14). The molecule has 5 nitrogen and oxygen atoms in total. The molecule has 6 heteroatoms. The first-order valence-electron chi connectivity index (χ1n) is 4.81. The fourth-order valence-corrected chi connectivity index (χ4v) is 1.48. The van der Waals surface area contributed by atoms with Crippen LogP contribution in [-0.2, 0) is 9.53 Å². The van der Waals surface area contributed by atoms with Crippen molar-refractivity contribution in [1.29, 1.82) is 0 Å². The Morgan fingerprint density at radius 2 is 2.00 bits per heavy atom. The first-order chi connectivity index (χ1) is 7.06. The van der Waals surface area contributed by atoms with Gasteiger partial charge in [0.05, 0.1) is 0 Å². The normalized spacial score (nSPS) is 19.3. The average Bonchev–Trinajstić information content (AvgIpc) is 2.17. The average molecular weight is 235 g/mol. The van der Waals surface area contributed by atoms with E-state index in [0.29, 0.717) is 13.2 Å². The van der Waals surface area contributed by atoms with Gasteiger partial charge in [-0.05, 0) is 19.8 Å². The van der Waals surface area contributed by atoms with Crippen LogP contribution in [0.4, 0.5) is 4.79 Å². The molecule has 2 N–H and O–H groups in total. The quantitative estimate of drug-likeness (QED) is 0.689. The molecule has 3 amide bonds. The van der Waals surface area contributed by atoms with E-state index in [9.17, 15) is 9.59 Å². The van der Waals surface area contributed by atoms with E-state index in [1.165, 1.54) is 0 Å². The van der Waals surface area contributed by atoms with Gasteiger partial charge in [0, 0.05) is 18.8 Å². The summed E-state index contributed by atoms with van der Waals surface area (Å²) in [6.45, 7) is 3.18. The highest BCUT2D eigenvalue weighted by Gasteiger charge is 2.29. The van der Waals surface area contributed by atoms with E-state index in [1.54, 1.807) is 0 Å². The van der Waals surface area contributed by atoms with Gasteiger partial charge < -0.3 is 10.1 Å². The summed E-state index contributed by atoms with van der Waals surface area (Å²) in [6.07, 6.45) is 1.49. The van der Waals surface area contributed by atoms with Gasteiger partial charge in [-0.2, -0.15) is 0 Å². The fraction of sp³-hybridized carbons (Fsp3) is 0.778. The summed E-state index contributed by atoms with van der Waals surface area (Å²) in [5.74, 6) is -0.711. The first-order valence-corrected chi connectivity index (χ1v) is 5.35. The minimum atomic E-state index is -0.496. The van der Waals surface area contributed by atoms with Gasteiger partial charge in [0.2, 0.25) is 5.91 Å². The van der Waals surface area contributed by atoms with Crippen LogP contribution in [0.5, 0.6) is 0 Å². The Bertz CT molecular complexity index is 252. The van der Waals surface area contributed by atoms with Crippen molar-refractivity contribution in [2.75, 3.05) is 19.1 Å². The number of halogens is 1. The van der Waals surface area contributed by atoms with E-state index < -0.39 is 11.9 Å². The molecule has 0 aromatic rings. The molecule has 0 aliphatic carbocycles. The van der Waals surface area contributed by atoms with Crippen LogP contribution in [0, 0.1) is 0 Å². The van der Waals surface area contributed by atoms with Crippen molar-refractivity contribution in [3.63, 3.8) is 0 Å². The number of hydrogen-bond acceptors (Lipinski definition) is 3. The van der Waals surface area contributed by atoms with E-state index in [4.69, 9.17) is 16.3 Å². The Morgan fingerprint density at radius 3 is 2.53 bits per heavy atom. The SMILES string of the molecule is CC1(NC(=O)NC(=O)CCl)CCOCC1. The predicted molar refractivity (Wildman–Crippen MR) is 55.9 cm³/mol. The van der Waals surface area contributed by atoms with Crippen molar-refractivity contribution in [2.24, 2.45) is 0 Å². The van der Waals surface area contributed by atoms with Crippen LogP contribution in [-0.4, -0.2) is 36.6 Å². The zero-order valence-electron chi connectivity index (χ0n) is 8.64. The summed E-state index contributed by atoms with van der Waals surface area (Å²) in [6, 6.07) is -0.495. The van der Waals surface area contributed by atoms with E-state index in [2.05, 4.69) is 10.6 Å². The third kappa shape index (κ3) is 4.05. The molecular formula is C9H15ClN2O3. The highest BCUT2D eigenvalue weighted by atomic mass is 35.5. The number of amides is 3. The molecule has 0 aromatic carbocycles. The summed E-state index contributed by atoms with van der Waals surface area (Å²) < 4.78 is 5.19. The summed E-state index contributed by atoms with van der Waals surface area (Å²) in [4.78, 5) is 22.2. The number of imide groups is 1. The first kappa shape index (κ1) is 12.3. The molecule has 1 fully saturated rings. The maximum atomic E-state index is 11.3. The lowest BCUT2D eigenvalue weighted by atomic mass is 9.93. The number of rotatable bonds is 2. The lowest BCUT2D eigenvalue weighted by molar-refractivity contribution is -0.117. The van der Waals surface area contributed by atoms with Crippen molar-refractivity contribution in [2.45, 2.75) is 25.3 Å². The second-order valence-electron chi connectivity index (χ2n) is 3.81. The maximum Gasteiger partial charge on any atom is 0.321 e. The third-order valence-corrected chi connectivity index (χ3v) is 2.63. The van der Waals surface area contributed by atoms with Gasteiger partial charge >= 0.3 is 6.03 Å². The molecule has 0 saturated carbocycles. The number of urea groups is 1. The molecule has 1 saturated heterocycles. The Kier molecular flexibility index (Phi) is 4.35. The van der Waals surface area contributed by atoms with Crippen molar-refractivity contribution >= 4 is 23.5 Å². The second kappa shape index (κ2) is 5.32. The van der Waals surface area contributed by atoms with Crippen LogP contribution in [0.15, 0.2) is 0 Å². The summed E-state index contributed by atoms with van der Waals surface area (Å²) in [5.41, 5.74) is -0.297. The monoisotopic (exact) mass is 234 g/mol. The van der Waals surface area contributed by atoms with Crippen molar-refractivity contribution in [3.8, 4) is 0 Å². The molecule has 0 bridgehead atoms.